The molecule has 2 heterocycles. The number of furan rings is 1. The van der Waals surface area contributed by atoms with Crippen molar-refractivity contribution in [3.8, 4) is 0 Å². The second-order valence-corrected chi connectivity index (χ2v) is 5.12. The Bertz CT molecular complexity index is 629. The molecule has 1 fully saturated rings. The fourth-order valence-electron chi connectivity index (χ4n) is 2.41. The molecule has 1 aliphatic heterocycles. The number of carbonyl (C=O) groups excluding carboxylic acids is 2. The summed E-state index contributed by atoms with van der Waals surface area (Å²) in [5, 5.41) is 6.57. The van der Waals surface area contributed by atoms with E-state index in [0.29, 0.717) is 6.54 Å². The minimum atomic E-state index is -0.283. The number of para-hydroxylation sites is 1. The third-order valence-electron chi connectivity index (χ3n) is 3.58. The van der Waals surface area contributed by atoms with Crippen LogP contribution in [0.4, 0.5) is 0 Å². The van der Waals surface area contributed by atoms with Crippen molar-refractivity contribution in [1.82, 2.24) is 10.6 Å². The summed E-state index contributed by atoms with van der Waals surface area (Å²) in [6.07, 6.45) is 0.263. The molecule has 1 saturated heterocycles. The van der Waals surface area contributed by atoms with Crippen molar-refractivity contribution in [1.29, 1.82) is 0 Å². The lowest BCUT2D eigenvalue weighted by molar-refractivity contribution is -0.127. The van der Waals surface area contributed by atoms with E-state index in [1.54, 1.807) is 0 Å². The van der Waals surface area contributed by atoms with Gasteiger partial charge in [-0.05, 0) is 19.1 Å². The maximum Gasteiger partial charge on any atom is 0.225 e. The van der Waals surface area contributed by atoms with Gasteiger partial charge in [0.1, 0.15) is 11.3 Å². The largest absolute Gasteiger partial charge is 0.459 e. The molecular formula is C15H16N2O3. The van der Waals surface area contributed by atoms with Gasteiger partial charge in [0.05, 0.1) is 12.0 Å². The van der Waals surface area contributed by atoms with E-state index in [1.807, 2.05) is 37.3 Å². The smallest absolute Gasteiger partial charge is 0.225 e. The first-order valence-electron chi connectivity index (χ1n) is 6.69. The van der Waals surface area contributed by atoms with Gasteiger partial charge in [0.25, 0.3) is 0 Å². The second kappa shape index (κ2) is 5.00. The Labute approximate surface area is 116 Å². The van der Waals surface area contributed by atoms with Crippen molar-refractivity contribution in [3.05, 3.63) is 36.1 Å². The number of hydrogen-bond donors (Lipinski definition) is 2. The molecule has 0 radical (unpaired) electrons. The van der Waals surface area contributed by atoms with Crippen molar-refractivity contribution in [3.63, 3.8) is 0 Å². The fraction of sp³-hybridized carbons (Fsp3) is 0.333. The molecule has 1 aromatic carbocycles. The van der Waals surface area contributed by atoms with Crippen LogP contribution in [0.2, 0.25) is 0 Å². The lowest BCUT2D eigenvalue weighted by Gasteiger charge is -2.14. The molecule has 0 bridgehead atoms. The molecule has 5 heteroatoms. The van der Waals surface area contributed by atoms with Gasteiger partial charge in [0.15, 0.2) is 0 Å². The average molecular weight is 272 g/mol. The Balaban J connectivity index is 1.70. The molecule has 0 aliphatic carbocycles. The van der Waals surface area contributed by atoms with E-state index >= 15 is 0 Å². The van der Waals surface area contributed by atoms with E-state index in [-0.39, 0.29) is 30.2 Å². The van der Waals surface area contributed by atoms with E-state index in [0.717, 1.165) is 16.7 Å². The van der Waals surface area contributed by atoms with Gasteiger partial charge >= 0.3 is 0 Å². The van der Waals surface area contributed by atoms with Gasteiger partial charge in [-0.25, -0.2) is 0 Å². The van der Waals surface area contributed by atoms with Gasteiger partial charge < -0.3 is 15.1 Å². The number of rotatable bonds is 3. The van der Waals surface area contributed by atoms with Crippen molar-refractivity contribution in [2.75, 3.05) is 6.54 Å². The van der Waals surface area contributed by atoms with Crippen molar-refractivity contribution in [2.45, 2.75) is 19.4 Å². The first-order valence-corrected chi connectivity index (χ1v) is 6.69. The lowest BCUT2D eigenvalue weighted by Crippen LogP contribution is -2.33. The molecule has 2 unspecified atom stereocenters. The van der Waals surface area contributed by atoms with Gasteiger partial charge in [-0.1, -0.05) is 18.2 Å². The van der Waals surface area contributed by atoms with Gasteiger partial charge in [-0.3, -0.25) is 9.59 Å². The summed E-state index contributed by atoms with van der Waals surface area (Å²) in [6, 6.07) is 9.43. The first-order chi connectivity index (χ1) is 9.63. The van der Waals surface area contributed by atoms with Crippen LogP contribution in [0.1, 0.15) is 25.1 Å². The van der Waals surface area contributed by atoms with Crippen LogP contribution >= 0.6 is 0 Å². The monoisotopic (exact) mass is 272 g/mol. The Morgan fingerprint density at radius 2 is 2.25 bits per heavy atom. The number of nitrogens with one attached hydrogen (secondary N) is 2. The topological polar surface area (TPSA) is 71.3 Å². The zero-order valence-corrected chi connectivity index (χ0v) is 11.2. The summed E-state index contributed by atoms with van der Waals surface area (Å²) in [5.74, 6) is 0.254. The Kier molecular flexibility index (Phi) is 3.18. The SMILES string of the molecule is CC(NC(=O)C1CNC(=O)C1)c1cc2ccccc2o1. The molecule has 1 aromatic heterocycles. The quantitative estimate of drug-likeness (QED) is 0.894. The van der Waals surface area contributed by atoms with Crippen molar-refractivity contribution in [2.24, 2.45) is 5.92 Å². The maximum atomic E-state index is 12.0. The summed E-state index contributed by atoms with van der Waals surface area (Å²) in [7, 11) is 0. The Morgan fingerprint density at radius 1 is 1.45 bits per heavy atom. The van der Waals surface area contributed by atoms with Crippen LogP contribution in [0, 0.1) is 5.92 Å². The zero-order chi connectivity index (χ0) is 14.1. The van der Waals surface area contributed by atoms with E-state index in [1.165, 1.54) is 0 Å². The number of hydrogen-bond acceptors (Lipinski definition) is 3. The molecule has 20 heavy (non-hydrogen) atoms. The highest BCUT2D eigenvalue weighted by Gasteiger charge is 2.29. The first kappa shape index (κ1) is 12.7. The predicted octanol–water partition coefficient (Wildman–Crippen LogP) is 1.75. The van der Waals surface area contributed by atoms with Crippen LogP contribution in [-0.4, -0.2) is 18.4 Å². The summed E-state index contributed by atoms with van der Waals surface area (Å²) in [4.78, 5) is 23.2. The Morgan fingerprint density at radius 3 is 2.95 bits per heavy atom. The minimum Gasteiger partial charge on any atom is -0.459 e. The molecule has 1 aliphatic rings. The average Bonchev–Trinajstić information content (AvgIpc) is 3.04. The maximum absolute atomic E-state index is 12.0. The van der Waals surface area contributed by atoms with Crippen LogP contribution < -0.4 is 10.6 Å². The van der Waals surface area contributed by atoms with E-state index in [9.17, 15) is 9.59 Å². The highest BCUT2D eigenvalue weighted by Crippen LogP contribution is 2.24. The van der Waals surface area contributed by atoms with Crippen LogP contribution in [0.25, 0.3) is 11.0 Å². The predicted molar refractivity (Wildman–Crippen MR) is 73.9 cm³/mol. The molecule has 0 spiro atoms. The molecule has 2 amide bonds. The Hall–Kier alpha value is -2.30. The van der Waals surface area contributed by atoms with E-state index in [2.05, 4.69) is 10.6 Å². The van der Waals surface area contributed by atoms with Gasteiger partial charge in [0, 0.05) is 18.4 Å². The van der Waals surface area contributed by atoms with E-state index in [4.69, 9.17) is 4.42 Å². The summed E-state index contributed by atoms with van der Waals surface area (Å²) < 4.78 is 5.72. The molecule has 3 rings (SSSR count). The van der Waals surface area contributed by atoms with Crippen molar-refractivity contribution < 1.29 is 14.0 Å². The number of amides is 2. The summed E-state index contributed by atoms with van der Waals surface area (Å²) >= 11 is 0. The van der Waals surface area contributed by atoms with Gasteiger partial charge in [0.2, 0.25) is 11.8 Å². The summed E-state index contributed by atoms with van der Waals surface area (Å²) in [6.45, 7) is 2.29. The zero-order valence-electron chi connectivity index (χ0n) is 11.2. The van der Waals surface area contributed by atoms with E-state index < -0.39 is 0 Å². The molecule has 2 atom stereocenters. The van der Waals surface area contributed by atoms with Crippen LogP contribution in [0.3, 0.4) is 0 Å². The molecule has 2 aromatic rings. The third kappa shape index (κ3) is 2.39. The highest BCUT2D eigenvalue weighted by atomic mass is 16.3. The lowest BCUT2D eigenvalue weighted by atomic mass is 10.1. The van der Waals surface area contributed by atoms with Crippen LogP contribution in [0.5, 0.6) is 0 Å². The number of carbonyl (C=O) groups is 2. The van der Waals surface area contributed by atoms with Crippen molar-refractivity contribution >= 4 is 22.8 Å². The third-order valence-corrected chi connectivity index (χ3v) is 3.58. The molecule has 104 valence electrons. The minimum absolute atomic E-state index is 0.0680. The number of benzene rings is 1. The number of fused-ring (bicyclic) bond motifs is 1. The standard InChI is InChI=1S/C15H16N2O3/c1-9(17-15(19)11-7-14(18)16-8-11)13-6-10-4-2-3-5-12(10)20-13/h2-6,9,11H,7-8H2,1H3,(H,16,18)(H,17,19). The molecule has 2 N–H and O–H groups in total. The van der Waals surface area contributed by atoms with Gasteiger partial charge in [-0.15, -0.1) is 0 Å². The molecule has 5 nitrogen and oxygen atoms in total. The molecule has 0 saturated carbocycles. The summed E-state index contributed by atoms with van der Waals surface area (Å²) in [5.41, 5.74) is 0.807. The normalized spacial score (nSPS) is 19.9. The van der Waals surface area contributed by atoms with Crippen LogP contribution in [-0.2, 0) is 9.59 Å². The highest BCUT2D eigenvalue weighted by molar-refractivity contribution is 5.89. The molecular weight excluding hydrogens is 256 g/mol. The second-order valence-electron chi connectivity index (χ2n) is 5.12. The fourth-order valence-corrected chi connectivity index (χ4v) is 2.41. The van der Waals surface area contributed by atoms with Gasteiger partial charge in [-0.2, -0.15) is 0 Å². The van der Waals surface area contributed by atoms with Crippen LogP contribution in [0.15, 0.2) is 34.7 Å².